The molecule has 0 bridgehead atoms. The van der Waals surface area contributed by atoms with Gasteiger partial charge in [-0.15, -0.1) is 0 Å². The maximum Gasteiger partial charge on any atom is 0.0138 e. The molecule has 0 fully saturated rings. The summed E-state index contributed by atoms with van der Waals surface area (Å²) in [6.07, 6.45) is 4.05. The van der Waals surface area contributed by atoms with Gasteiger partial charge >= 0.3 is 0 Å². The van der Waals surface area contributed by atoms with Gasteiger partial charge in [-0.2, -0.15) is 0 Å². The minimum atomic E-state index is 0.968. The van der Waals surface area contributed by atoms with E-state index in [1.165, 1.54) is 0 Å². The fraction of sp³-hybridized carbons (Fsp3) is 0.667. The summed E-state index contributed by atoms with van der Waals surface area (Å²) < 4.78 is 0. The molecule has 42 valence electrons. The molecule has 0 aromatic carbocycles. The van der Waals surface area contributed by atoms with E-state index >= 15 is 0 Å². The summed E-state index contributed by atoms with van der Waals surface area (Å²) in [6.45, 7) is 4.13. The molecule has 0 aromatic rings. The Labute approximate surface area is 50.2 Å². The Morgan fingerprint density at radius 3 is 2.29 bits per heavy atom. The van der Waals surface area contributed by atoms with Gasteiger partial charge in [0.15, 0.2) is 0 Å². The maximum atomic E-state index is 5.63. The van der Waals surface area contributed by atoms with Gasteiger partial charge in [-0.3, -0.25) is 0 Å². The fourth-order valence-corrected chi connectivity index (χ4v) is 0.520. The van der Waals surface area contributed by atoms with Crippen LogP contribution < -0.4 is 0 Å². The van der Waals surface area contributed by atoms with Gasteiger partial charge in [0.05, 0.1) is 0 Å². The molecule has 0 N–H and O–H groups in total. The van der Waals surface area contributed by atoms with Crippen molar-refractivity contribution in [2.24, 2.45) is 0 Å². The van der Waals surface area contributed by atoms with Gasteiger partial charge < -0.3 is 0 Å². The summed E-state index contributed by atoms with van der Waals surface area (Å²) in [5.41, 5.74) is 0. The summed E-state index contributed by atoms with van der Waals surface area (Å²) in [5, 5.41) is 0.975. The molecule has 0 aromatic heterocycles. The van der Waals surface area contributed by atoms with Crippen LogP contribution in [0.2, 0.25) is 0 Å². The third kappa shape index (κ3) is 3.87. The number of rotatable bonds is 2. The van der Waals surface area contributed by atoms with Crippen molar-refractivity contribution in [2.45, 2.75) is 26.7 Å². The van der Waals surface area contributed by atoms with Gasteiger partial charge in [0.2, 0.25) is 0 Å². The average molecular weight is 119 g/mol. The van der Waals surface area contributed by atoms with E-state index < -0.39 is 0 Å². The van der Waals surface area contributed by atoms with E-state index in [0.29, 0.717) is 0 Å². The normalized spacial score (nSPS) is 12.1. The molecule has 0 saturated carbocycles. The molecule has 0 saturated heterocycles. The zero-order valence-corrected chi connectivity index (χ0v) is 5.63. The molecular weight excluding hydrogens is 108 g/mol. The molecule has 7 heavy (non-hydrogen) atoms. The Hall–Kier alpha value is 0.0300. The molecule has 0 nitrogen and oxygen atoms in total. The quantitative estimate of drug-likeness (QED) is 0.523. The molecular formula is C6H11Cl. The zero-order chi connectivity index (χ0) is 5.70. The number of hydrogen-bond acceptors (Lipinski definition) is 0. The lowest BCUT2D eigenvalue weighted by molar-refractivity contribution is 1.13. The van der Waals surface area contributed by atoms with Crippen LogP contribution >= 0.6 is 11.6 Å². The predicted molar refractivity (Wildman–Crippen MR) is 34.5 cm³/mol. The first-order valence-corrected chi connectivity index (χ1v) is 3.03. The molecule has 0 unspecified atom stereocenters. The first-order valence-electron chi connectivity index (χ1n) is 2.65. The molecule has 0 aliphatic carbocycles. The zero-order valence-electron chi connectivity index (χ0n) is 4.87. The van der Waals surface area contributed by atoms with Crippen molar-refractivity contribution in [3.05, 3.63) is 11.1 Å². The van der Waals surface area contributed by atoms with Crippen molar-refractivity contribution in [2.75, 3.05) is 0 Å². The summed E-state index contributed by atoms with van der Waals surface area (Å²) >= 11 is 5.63. The van der Waals surface area contributed by atoms with Gasteiger partial charge in [0.1, 0.15) is 0 Å². The van der Waals surface area contributed by atoms with Gasteiger partial charge in [-0.1, -0.05) is 31.5 Å². The Balaban J connectivity index is 3.29. The molecule has 0 radical (unpaired) electrons. The van der Waals surface area contributed by atoms with Crippen molar-refractivity contribution >= 4 is 11.6 Å². The number of allylic oxidation sites excluding steroid dienone is 2. The topological polar surface area (TPSA) is 0 Å². The van der Waals surface area contributed by atoms with Gasteiger partial charge in [0.25, 0.3) is 0 Å². The smallest absolute Gasteiger partial charge is 0.0138 e. The first kappa shape index (κ1) is 7.03. The molecule has 0 spiro atoms. The van der Waals surface area contributed by atoms with E-state index in [4.69, 9.17) is 11.6 Å². The minimum Gasteiger partial charge on any atom is -0.0895 e. The molecule has 0 aliphatic rings. The second-order valence-corrected chi connectivity index (χ2v) is 1.90. The molecule has 1 heteroatoms. The summed E-state index contributed by atoms with van der Waals surface area (Å²) in [5.74, 6) is 0. The van der Waals surface area contributed by atoms with Crippen LogP contribution in [0.1, 0.15) is 26.7 Å². The van der Waals surface area contributed by atoms with E-state index in [0.717, 1.165) is 17.9 Å². The standard InChI is InChI=1S/C6H11Cl/c1-3-5-6(7)4-2/h5H,3-4H2,1-2H3/b6-5-. The molecule has 0 heterocycles. The van der Waals surface area contributed by atoms with Crippen LogP contribution in [-0.4, -0.2) is 0 Å². The van der Waals surface area contributed by atoms with Crippen LogP contribution in [0, 0.1) is 0 Å². The largest absolute Gasteiger partial charge is 0.0895 e. The summed E-state index contributed by atoms with van der Waals surface area (Å²) in [6, 6.07) is 0. The molecule has 0 rings (SSSR count). The van der Waals surface area contributed by atoms with E-state index in [-0.39, 0.29) is 0 Å². The molecule has 0 amide bonds. The van der Waals surface area contributed by atoms with Crippen LogP contribution in [0.15, 0.2) is 11.1 Å². The van der Waals surface area contributed by atoms with E-state index in [2.05, 4.69) is 13.8 Å². The average Bonchev–Trinajstić information content (AvgIpc) is 1.68. The Kier molecular flexibility index (Phi) is 4.21. The van der Waals surface area contributed by atoms with Gasteiger partial charge in [0, 0.05) is 5.03 Å². The van der Waals surface area contributed by atoms with Crippen LogP contribution in [0.3, 0.4) is 0 Å². The Bertz CT molecular complexity index is 64.6. The molecule has 0 atom stereocenters. The number of hydrogen-bond donors (Lipinski definition) is 0. The molecule has 0 aliphatic heterocycles. The number of halogens is 1. The van der Waals surface area contributed by atoms with Crippen LogP contribution in [0.4, 0.5) is 0 Å². The van der Waals surface area contributed by atoms with Crippen molar-refractivity contribution in [1.82, 2.24) is 0 Å². The highest BCUT2D eigenvalue weighted by molar-refractivity contribution is 6.29. The lowest BCUT2D eigenvalue weighted by atomic mass is 10.3. The summed E-state index contributed by atoms with van der Waals surface area (Å²) in [7, 11) is 0. The van der Waals surface area contributed by atoms with E-state index in [1.54, 1.807) is 0 Å². The summed E-state index contributed by atoms with van der Waals surface area (Å²) in [4.78, 5) is 0. The van der Waals surface area contributed by atoms with Gasteiger partial charge in [-0.25, -0.2) is 0 Å². The van der Waals surface area contributed by atoms with Crippen LogP contribution in [-0.2, 0) is 0 Å². The van der Waals surface area contributed by atoms with Crippen LogP contribution in [0.25, 0.3) is 0 Å². The third-order valence-electron chi connectivity index (χ3n) is 0.763. The SMILES string of the molecule is CC/C=C(\Cl)CC. The van der Waals surface area contributed by atoms with E-state index in [9.17, 15) is 0 Å². The highest BCUT2D eigenvalue weighted by Crippen LogP contribution is 2.05. The van der Waals surface area contributed by atoms with Crippen molar-refractivity contribution in [1.29, 1.82) is 0 Å². The predicted octanol–water partition coefficient (Wildman–Crippen LogP) is 2.93. The lowest BCUT2D eigenvalue weighted by Gasteiger charge is -1.85. The Morgan fingerprint density at radius 2 is 2.14 bits per heavy atom. The monoisotopic (exact) mass is 118 g/mol. The lowest BCUT2D eigenvalue weighted by Crippen LogP contribution is -1.63. The third-order valence-corrected chi connectivity index (χ3v) is 1.18. The highest BCUT2D eigenvalue weighted by atomic mass is 35.5. The van der Waals surface area contributed by atoms with Crippen molar-refractivity contribution < 1.29 is 0 Å². The van der Waals surface area contributed by atoms with Crippen LogP contribution in [0.5, 0.6) is 0 Å². The van der Waals surface area contributed by atoms with Crippen molar-refractivity contribution in [3.8, 4) is 0 Å². The minimum absolute atomic E-state index is 0.968. The van der Waals surface area contributed by atoms with Gasteiger partial charge in [-0.05, 0) is 12.8 Å². The van der Waals surface area contributed by atoms with Crippen molar-refractivity contribution in [3.63, 3.8) is 0 Å². The fourth-order valence-electron chi connectivity index (χ4n) is 0.366. The maximum absolute atomic E-state index is 5.63. The first-order chi connectivity index (χ1) is 3.31. The Morgan fingerprint density at radius 1 is 1.57 bits per heavy atom. The van der Waals surface area contributed by atoms with E-state index in [1.807, 2.05) is 6.08 Å². The second kappa shape index (κ2) is 4.20. The second-order valence-electron chi connectivity index (χ2n) is 1.41. The highest BCUT2D eigenvalue weighted by Gasteiger charge is 1.79.